The maximum Gasteiger partial charge on any atom is 0.254 e. The molecular weight excluding hydrogens is 244 g/mol. The average molecular weight is 264 g/mol. The second-order valence-corrected chi connectivity index (χ2v) is 5.03. The molecule has 5 nitrogen and oxygen atoms in total. The minimum absolute atomic E-state index is 0.0894. The van der Waals surface area contributed by atoms with E-state index in [2.05, 4.69) is 5.32 Å². The minimum Gasteiger partial charge on any atom is -0.508 e. The maximum absolute atomic E-state index is 12.3. The smallest absolute Gasteiger partial charge is 0.254 e. The summed E-state index contributed by atoms with van der Waals surface area (Å²) < 4.78 is 0. The van der Waals surface area contributed by atoms with E-state index in [1.165, 1.54) is 18.2 Å². The molecule has 1 fully saturated rings. The average Bonchev–Trinajstić information content (AvgIpc) is 2.38. The standard InChI is InChI=1S/C14H20N2O3/c1-15-9-10-2-4-16(5-3-10)14(19)11-6-12(17)8-13(18)7-11/h6-8,10,15,17-18H,2-5,9H2,1H3. The molecule has 0 aromatic heterocycles. The number of aromatic hydroxyl groups is 2. The molecule has 1 heterocycles. The Balaban J connectivity index is 2.01. The zero-order valence-electron chi connectivity index (χ0n) is 11.1. The predicted octanol–water partition coefficient (Wildman–Crippen LogP) is 1.17. The fourth-order valence-corrected chi connectivity index (χ4v) is 2.53. The molecule has 104 valence electrons. The van der Waals surface area contributed by atoms with Crippen molar-refractivity contribution in [1.29, 1.82) is 0 Å². The molecule has 0 radical (unpaired) electrons. The van der Waals surface area contributed by atoms with Crippen LogP contribution in [-0.4, -0.2) is 47.7 Å². The molecule has 1 aliphatic heterocycles. The number of piperidine rings is 1. The molecular formula is C14H20N2O3. The number of likely N-dealkylation sites (tertiary alicyclic amines) is 1. The minimum atomic E-state index is -0.130. The molecule has 2 rings (SSSR count). The van der Waals surface area contributed by atoms with E-state index in [9.17, 15) is 15.0 Å². The van der Waals surface area contributed by atoms with Crippen molar-refractivity contribution in [2.24, 2.45) is 5.92 Å². The maximum atomic E-state index is 12.3. The molecule has 0 aliphatic carbocycles. The van der Waals surface area contributed by atoms with E-state index in [4.69, 9.17) is 0 Å². The molecule has 1 aromatic carbocycles. The van der Waals surface area contributed by atoms with Crippen LogP contribution in [0.15, 0.2) is 18.2 Å². The lowest BCUT2D eigenvalue weighted by Gasteiger charge is -2.32. The van der Waals surface area contributed by atoms with Crippen molar-refractivity contribution in [3.05, 3.63) is 23.8 Å². The van der Waals surface area contributed by atoms with Crippen LogP contribution in [0, 0.1) is 5.92 Å². The first-order valence-corrected chi connectivity index (χ1v) is 6.57. The summed E-state index contributed by atoms with van der Waals surface area (Å²) in [4.78, 5) is 14.0. The van der Waals surface area contributed by atoms with Crippen molar-refractivity contribution in [2.75, 3.05) is 26.7 Å². The Kier molecular flexibility index (Phi) is 4.27. The molecule has 1 amide bonds. The first kappa shape index (κ1) is 13.7. The van der Waals surface area contributed by atoms with Gasteiger partial charge in [0.1, 0.15) is 11.5 Å². The van der Waals surface area contributed by atoms with Gasteiger partial charge in [0.15, 0.2) is 0 Å². The summed E-state index contributed by atoms with van der Waals surface area (Å²) in [5.41, 5.74) is 0.338. The largest absolute Gasteiger partial charge is 0.508 e. The van der Waals surface area contributed by atoms with Gasteiger partial charge >= 0.3 is 0 Å². The lowest BCUT2D eigenvalue weighted by Crippen LogP contribution is -2.40. The first-order chi connectivity index (χ1) is 9.10. The van der Waals surface area contributed by atoms with Gasteiger partial charge in [0.05, 0.1) is 0 Å². The van der Waals surface area contributed by atoms with Gasteiger partial charge in [0.2, 0.25) is 0 Å². The van der Waals surface area contributed by atoms with Crippen LogP contribution in [0.25, 0.3) is 0 Å². The van der Waals surface area contributed by atoms with Crippen molar-refractivity contribution in [1.82, 2.24) is 10.2 Å². The Morgan fingerprint density at radius 3 is 2.37 bits per heavy atom. The molecule has 1 aliphatic rings. The highest BCUT2D eigenvalue weighted by molar-refractivity contribution is 5.95. The Bertz CT molecular complexity index is 434. The molecule has 0 unspecified atom stereocenters. The first-order valence-electron chi connectivity index (χ1n) is 6.57. The van der Waals surface area contributed by atoms with Crippen molar-refractivity contribution in [3.8, 4) is 11.5 Å². The van der Waals surface area contributed by atoms with E-state index < -0.39 is 0 Å². The van der Waals surface area contributed by atoms with Crippen molar-refractivity contribution in [2.45, 2.75) is 12.8 Å². The fourth-order valence-electron chi connectivity index (χ4n) is 2.53. The van der Waals surface area contributed by atoms with Crippen LogP contribution in [0.2, 0.25) is 0 Å². The predicted molar refractivity (Wildman–Crippen MR) is 72.3 cm³/mol. The highest BCUT2D eigenvalue weighted by Gasteiger charge is 2.23. The van der Waals surface area contributed by atoms with Crippen LogP contribution < -0.4 is 5.32 Å². The summed E-state index contributed by atoms with van der Waals surface area (Å²) >= 11 is 0. The number of carbonyl (C=O) groups excluding carboxylic acids is 1. The number of amides is 1. The quantitative estimate of drug-likeness (QED) is 0.766. The van der Waals surface area contributed by atoms with Gasteiger partial charge in [0, 0.05) is 24.7 Å². The highest BCUT2D eigenvalue weighted by atomic mass is 16.3. The number of phenolic OH excluding ortho intramolecular Hbond substituents is 2. The molecule has 3 N–H and O–H groups in total. The molecule has 5 heteroatoms. The van der Waals surface area contributed by atoms with Gasteiger partial charge in [-0.3, -0.25) is 4.79 Å². The number of carbonyl (C=O) groups is 1. The van der Waals surface area contributed by atoms with Crippen LogP contribution in [0.4, 0.5) is 0 Å². The van der Waals surface area contributed by atoms with Crippen LogP contribution in [0.3, 0.4) is 0 Å². The molecule has 19 heavy (non-hydrogen) atoms. The number of rotatable bonds is 3. The number of nitrogens with zero attached hydrogens (tertiary/aromatic N) is 1. The third-order valence-electron chi connectivity index (χ3n) is 3.54. The number of benzene rings is 1. The van der Waals surface area contributed by atoms with Crippen molar-refractivity contribution >= 4 is 5.91 Å². The summed E-state index contributed by atoms with van der Waals surface area (Å²) in [6, 6.07) is 4.00. The van der Waals surface area contributed by atoms with E-state index in [-0.39, 0.29) is 17.4 Å². The Labute approximate surface area is 112 Å². The molecule has 0 bridgehead atoms. The molecule has 0 saturated carbocycles. The van der Waals surface area contributed by atoms with Crippen LogP contribution in [0.1, 0.15) is 23.2 Å². The summed E-state index contributed by atoms with van der Waals surface area (Å²) in [5.74, 6) is 0.308. The third-order valence-corrected chi connectivity index (χ3v) is 3.54. The van der Waals surface area contributed by atoms with Gasteiger partial charge in [-0.15, -0.1) is 0 Å². The van der Waals surface area contributed by atoms with Gasteiger partial charge < -0.3 is 20.4 Å². The van der Waals surface area contributed by atoms with Gasteiger partial charge in [-0.05, 0) is 44.5 Å². The van der Waals surface area contributed by atoms with Gasteiger partial charge in [-0.1, -0.05) is 0 Å². The normalized spacial score (nSPS) is 16.6. The summed E-state index contributed by atoms with van der Waals surface area (Å²) in [6.45, 7) is 2.43. The number of hydrogen-bond acceptors (Lipinski definition) is 4. The number of hydrogen-bond donors (Lipinski definition) is 3. The van der Waals surface area contributed by atoms with E-state index in [1.54, 1.807) is 4.90 Å². The number of phenols is 2. The van der Waals surface area contributed by atoms with E-state index in [1.807, 2.05) is 7.05 Å². The summed E-state index contributed by atoms with van der Waals surface area (Å²) in [6.07, 6.45) is 1.97. The Hall–Kier alpha value is -1.75. The Morgan fingerprint density at radius 1 is 1.26 bits per heavy atom. The molecule has 0 atom stereocenters. The second-order valence-electron chi connectivity index (χ2n) is 5.03. The lowest BCUT2D eigenvalue weighted by atomic mass is 9.96. The highest BCUT2D eigenvalue weighted by Crippen LogP contribution is 2.23. The van der Waals surface area contributed by atoms with Gasteiger partial charge in [-0.2, -0.15) is 0 Å². The van der Waals surface area contributed by atoms with E-state index >= 15 is 0 Å². The van der Waals surface area contributed by atoms with E-state index in [0.29, 0.717) is 11.5 Å². The monoisotopic (exact) mass is 264 g/mol. The SMILES string of the molecule is CNCC1CCN(C(=O)c2cc(O)cc(O)c2)CC1. The molecule has 0 spiro atoms. The molecule has 1 saturated heterocycles. The topological polar surface area (TPSA) is 72.8 Å². The van der Waals surface area contributed by atoms with Gasteiger partial charge in [0.25, 0.3) is 5.91 Å². The summed E-state index contributed by atoms with van der Waals surface area (Å²) in [7, 11) is 1.94. The fraction of sp³-hybridized carbons (Fsp3) is 0.500. The molecule has 1 aromatic rings. The third kappa shape index (κ3) is 3.38. The second kappa shape index (κ2) is 5.93. The van der Waals surface area contributed by atoms with Gasteiger partial charge in [-0.25, -0.2) is 0 Å². The van der Waals surface area contributed by atoms with Crippen LogP contribution >= 0.6 is 0 Å². The number of nitrogens with one attached hydrogen (secondary N) is 1. The van der Waals surface area contributed by atoms with E-state index in [0.717, 1.165) is 32.5 Å². The lowest BCUT2D eigenvalue weighted by molar-refractivity contribution is 0.0690. The van der Waals surface area contributed by atoms with Crippen molar-refractivity contribution < 1.29 is 15.0 Å². The summed E-state index contributed by atoms with van der Waals surface area (Å²) in [5, 5.41) is 22.0. The zero-order valence-corrected chi connectivity index (χ0v) is 11.1. The van der Waals surface area contributed by atoms with Crippen LogP contribution in [-0.2, 0) is 0 Å². The van der Waals surface area contributed by atoms with Crippen LogP contribution in [0.5, 0.6) is 11.5 Å². The Morgan fingerprint density at radius 2 is 1.84 bits per heavy atom. The van der Waals surface area contributed by atoms with Crippen molar-refractivity contribution in [3.63, 3.8) is 0 Å². The zero-order chi connectivity index (χ0) is 13.8.